The van der Waals surface area contributed by atoms with Crippen molar-refractivity contribution in [2.75, 3.05) is 13.1 Å². The number of carbonyl (C=O) groups is 1. The van der Waals surface area contributed by atoms with Gasteiger partial charge in [-0.3, -0.25) is 14.9 Å². The van der Waals surface area contributed by atoms with E-state index in [0.29, 0.717) is 0 Å². The molecule has 148 valence electrons. The van der Waals surface area contributed by atoms with Crippen molar-refractivity contribution >= 4 is 37.5 Å². The Balaban J connectivity index is 1.56. The SMILES string of the molecule is O=C(NCCNS(=O)(=O)c1cccc([N+](=O)[O-])c1)C1(c2cccc(Br)c2)CC1. The van der Waals surface area contributed by atoms with Crippen LogP contribution in [0.1, 0.15) is 18.4 Å². The minimum atomic E-state index is -3.90. The van der Waals surface area contributed by atoms with Gasteiger partial charge in [-0.15, -0.1) is 0 Å². The van der Waals surface area contributed by atoms with E-state index in [4.69, 9.17) is 0 Å². The van der Waals surface area contributed by atoms with E-state index < -0.39 is 20.4 Å². The molecule has 0 atom stereocenters. The number of carbonyl (C=O) groups excluding carboxylic acids is 1. The molecule has 1 aliphatic carbocycles. The van der Waals surface area contributed by atoms with Crippen molar-refractivity contribution in [1.82, 2.24) is 10.0 Å². The maximum absolute atomic E-state index is 12.6. The minimum absolute atomic E-state index is 0.0225. The van der Waals surface area contributed by atoms with Crippen LogP contribution < -0.4 is 10.0 Å². The largest absolute Gasteiger partial charge is 0.354 e. The van der Waals surface area contributed by atoms with Crippen molar-refractivity contribution in [3.63, 3.8) is 0 Å². The van der Waals surface area contributed by atoms with Crippen LogP contribution in [0, 0.1) is 10.1 Å². The number of nitro groups is 1. The summed E-state index contributed by atoms with van der Waals surface area (Å²) in [6.45, 7) is 0.0913. The van der Waals surface area contributed by atoms with Gasteiger partial charge in [-0.25, -0.2) is 13.1 Å². The van der Waals surface area contributed by atoms with Crippen molar-refractivity contribution in [1.29, 1.82) is 0 Å². The van der Waals surface area contributed by atoms with Gasteiger partial charge in [0.05, 0.1) is 15.2 Å². The highest BCUT2D eigenvalue weighted by Crippen LogP contribution is 2.48. The standard InChI is InChI=1S/C18H18BrN3O5S/c19-14-4-1-3-13(11-14)18(7-8-18)17(23)20-9-10-21-28(26,27)16-6-2-5-15(12-16)22(24)25/h1-6,11-12,21H,7-10H2,(H,20,23). The first-order valence-electron chi connectivity index (χ1n) is 8.53. The van der Waals surface area contributed by atoms with Gasteiger partial charge in [0.2, 0.25) is 15.9 Å². The van der Waals surface area contributed by atoms with Gasteiger partial charge in [-0.1, -0.05) is 34.1 Å². The number of hydrogen-bond acceptors (Lipinski definition) is 5. The molecule has 1 amide bonds. The van der Waals surface area contributed by atoms with E-state index in [1.807, 2.05) is 24.3 Å². The van der Waals surface area contributed by atoms with Crippen LogP contribution in [0.25, 0.3) is 0 Å². The third-order valence-corrected chi connectivity index (χ3v) is 6.56. The zero-order valence-corrected chi connectivity index (χ0v) is 17.1. The minimum Gasteiger partial charge on any atom is -0.354 e. The molecule has 0 aliphatic heterocycles. The Kier molecular flexibility index (Phi) is 5.82. The smallest absolute Gasteiger partial charge is 0.270 e. The monoisotopic (exact) mass is 467 g/mol. The van der Waals surface area contributed by atoms with Crippen molar-refractivity contribution < 1.29 is 18.1 Å². The third-order valence-electron chi connectivity index (χ3n) is 4.60. The Bertz CT molecular complexity index is 1020. The molecule has 1 aliphatic rings. The lowest BCUT2D eigenvalue weighted by Gasteiger charge is -2.16. The number of benzene rings is 2. The summed E-state index contributed by atoms with van der Waals surface area (Å²) in [5.41, 5.74) is 0.0697. The fourth-order valence-corrected chi connectivity index (χ4v) is 4.41. The second-order valence-corrected chi connectivity index (χ2v) is 9.18. The molecule has 0 unspecified atom stereocenters. The Morgan fingerprint density at radius 1 is 1.14 bits per heavy atom. The molecule has 2 aromatic rings. The molecule has 8 nitrogen and oxygen atoms in total. The van der Waals surface area contributed by atoms with Gasteiger partial charge >= 0.3 is 0 Å². The molecule has 1 fully saturated rings. The average Bonchev–Trinajstić information content (AvgIpc) is 3.47. The summed E-state index contributed by atoms with van der Waals surface area (Å²) in [5.74, 6) is -0.139. The molecule has 0 saturated heterocycles. The van der Waals surface area contributed by atoms with E-state index in [9.17, 15) is 23.3 Å². The molecule has 1 saturated carbocycles. The van der Waals surface area contributed by atoms with Crippen LogP contribution in [0.4, 0.5) is 5.69 Å². The number of nitrogens with zero attached hydrogens (tertiary/aromatic N) is 1. The molecule has 2 N–H and O–H groups in total. The van der Waals surface area contributed by atoms with Crippen LogP contribution in [0.2, 0.25) is 0 Å². The van der Waals surface area contributed by atoms with Gasteiger partial charge in [0.25, 0.3) is 5.69 Å². The van der Waals surface area contributed by atoms with Crippen molar-refractivity contribution in [2.45, 2.75) is 23.2 Å². The number of nitro benzene ring substituents is 1. The van der Waals surface area contributed by atoms with Crippen molar-refractivity contribution in [2.24, 2.45) is 0 Å². The number of halogens is 1. The Morgan fingerprint density at radius 3 is 2.50 bits per heavy atom. The van der Waals surface area contributed by atoms with Crippen molar-refractivity contribution in [3.8, 4) is 0 Å². The normalized spacial score (nSPS) is 15.0. The molecule has 3 rings (SSSR count). The number of hydrogen-bond donors (Lipinski definition) is 2. The molecule has 0 aromatic heterocycles. The number of rotatable bonds is 8. The van der Waals surface area contributed by atoms with E-state index >= 15 is 0 Å². The molecular weight excluding hydrogens is 450 g/mol. The number of amides is 1. The summed E-state index contributed by atoms with van der Waals surface area (Å²) in [6, 6.07) is 12.4. The highest BCUT2D eigenvalue weighted by molar-refractivity contribution is 9.10. The van der Waals surface area contributed by atoms with Crippen LogP contribution in [-0.4, -0.2) is 32.3 Å². The zero-order chi connectivity index (χ0) is 20.4. The first kappa shape index (κ1) is 20.4. The maximum Gasteiger partial charge on any atom is 0.270 e. The van der Waals surface area contributed by atoms with Crippen LogP contribution in [0.5, 0.6) is 0 Å². The quantitative estimate of drug-likeness (QED) is 0.351. The lowest BCUT2D eigenvalue weighted by molar-refractivity contribution is -0.385. The molecule has 28 heavy (non-hydrogen) atoms. The lowest BCUT2D eigenvalue weighted by Crippen LogP contribution is -2.39. The van der Waals surface area contributed by atoms with Crippen molar-refractivity contribution in [3.05, 3.63) is 68.7 Å². The number of sulfonamides is 1. The van der Waals surface area contributed by atoms with Crippen LogP contribution in [0.3, 0.4) is 0 Å². The summed E-state index contributed by atoms with van der Waals surface area (Å²) < 4.78 is 27.8. The topological polar surface area (TPSA) is 118 Å². The summed E-state index contributed by atoms with van der Waals surface area (Å²) in [4.78, 5) is 22.5. The van der Waals surface area contributed by atoms with Gasteiger partial charge in [-0.2, -0.15) is 0 Å². The summed E-state index contributed by atoms with van der Waals surface area (Å²) in [5, 5.41) is 13.6. The average molecular weight is 468 g/mol. The molecule has 10 heteroatoms. The fourth-order valence-electron chi connectivity index (χ4n) is 2.94. The highest BCUT2D eigenvalue weighted by atomic mass is 79.9. The summed E-state index contributed by atoms with van der Waals surface area (Å²) in [6.07, 6.45) is 1.49. The van der Waals surface area contributed by atoms with E-state index in [-0.39, 0.29) is 29.6 Å². The van der Waals surface area contributed by atoms with Gasteiger partial charge in [0, 0.05) is 29.7 Å². The highest BCUT2D eigenvalue weighted by Gasteiger charge is 2.51. The molecule has 0 spiro atoms. The lowest BCUT2D eigenvalue weighted by atomic mass is 9.95. The fraction of sp³-hybridized carbons (Fsp3) is 0.278. The maximum atomic E-state index is 12.6. The second-order valence-electron chi connectivity index (χ2n) is 6.50. The summed E-state index contributed by atoms with van der Waals surface area (Å²) >= 11 is 3.40. The Labute approximate surface area is 170 Å². The first-order valence-corrected chi connectivity index (χ1v) is 10.8. The van der Waals surface area contributed by atoms with Gasteiger partial charge in [-0.05, 0) is 36.6 Å². The Morgan fingerprint density at radius 2 is 1.86 bits per heavy atom. The van der Waals surface area contributed by atoms with Crippen LogP contribution >= 0.6 is 15.9 Å². The van der Waals surface area contributed by atoms with Crippen LogP contribution in [0.15, 0.2) is 57.9 Å². The van der Waals surface area contributed by atoms with E-state index in [2.05, 4.69) is 26.0 Å². The molecule has 0 radical (unpaired) electrons. The number of non-ortho nitro benzene ring substituents is 1. The molecule has 2 aromatic carbocycles. The molecular formula is C18H18BrN3O5S. The predicted octanol–water partition coefficient (Wildman–Crippen LogP) is 2.48. The van der Waals surface area contributed by atoms with Gasteiger partial charge in [0.1, 0.15) is 0 Å². The number of nitrogens with one attached hydrogen (secondary N) is 2. The van der Waals surface area contributed by atoms with E-state index in [1.54, 1.807) is 0 Å². The van der Waals surface area contributed by atoms with Gasteiger partial charge in [0.15, 0.2) is 0 Å². The molecule has 0 bridgehead atoms. The third kappa shape index (κ3) is 4.40. The zero-order valence-electron chi connectivity index (χ0n) is 14.7. The van der Waals surface area contributed by atoms with Crippen LogP contribution in [-0.2, 0) is 20.2 Å². The Hall–Kier alpha value is -2.30. The second kappa shape index (κ2) is 7.98. The first-order chi connectivity index (χ1) is 13.2. The van der Waals surface area contributed by atoms with E-state index in [0.717, 1.165) is 28.9 Å². The summed E-state index contributed by atoms with van der Waals surface area (Å²) in [7, 11) is -3.90. The van der Waals surface area contributed by atoms with E-state index in [1.165, 1.54) is 18.2 Å². The predicted molar refractivity (Wildman–Crippen MR) is 106 cm³/mol. The van der Waals surface area contributed by atoms with Gasteiger partial charge < -0.3 is 5.32 Å². The molecule has 0 heterocycles.